The highest BCUT2D eigenvalue weighted by Gasteiger charge is 2.16. The molecular formula is C18H21ClN4O2S. The first-order valence-corrected chi connectivity index (χ1v) is 9.41. The van der Waals surface area contributed by atoms with Gasteiger partial charge in [-0.2, -0.15) is 5.26 Å². The summed E-state index contributed by atoms with van der Waals surface area (Å²) in [5.41, 5.74) is 3.28. The molecule has 0 unspecified atom stereocenters. The number of esters is 1. The Bertz CT molecular complexity index is 861. The van der Waals surface area contributed by atoms with Crippen LogP contribution >= 0.6 is 23.1 Å². The molecule has 8 heteroatoms. The van der Waals surface area contributed by atoms with Crippen molar-refractivity contribution in [3.05, 3.63) is 38.6 Å². The maximum Gasteiger partial charge on any atom is 0.349 e. The molecule has 0 fully saturated rings. The summed E-state index contributed by atoms with van der Waals surface area (Å²) in [5, 5.41) is 13.1. The van der Waals surface area contributed by atoms with Crippen molar-refractivity contribution in [1.82, 2.24) is 14.2 Å². The Morgan fingerprint density at radius 2 is 2.23 bits per heavy atom. The number of nitriles is 1. The van der Waals surface area contributed by atoms with Crippen LogP contribution in [0.3, 0.4) is 0 Å². The zero-order valence-corrected chi connectivity index (χ0v) is 16.8. The lowest BCUT2D eigenvalue weighted by Crippen LogP contribution is -2.08. The fourth-order valence-electron chi connectivity index (χ4n) is 2.49. The molecule has 0 aliphatic carbocycles. The van der Waals surface area contributed by atoms with Crippen molar-refractivity contribution < 1.29 is 9.53 Å². The number of hydrogen-bond donors (Lipinski definition) is 0. The SMILES string of the molecule is Cc1cc(/C=C(\C#N)C(=O)OCc2nnsc2Cl)c(C)n1CCC(C)C. The van der Waals surface area contributed by atoms with Crippen LogP contribution < -0.4 is 0 Å². The van der Waals surface area contributed by atoms with Gasteiger partial charge in [-0.25, -0.2) is 4.79 Å². The number of aryl methyl sites for hydroxylation is 1. The molecule has 2 rings (SSSR count). The molecule has 0 aliphatic rings. The normalized spacial score (nSPS) is 11.7. The average Bonchev–Trinajstić information content (AvgIpc) is 3.11. The lowest BCUT2D eigenvalue weighted by Gasteiger charge is -2.11. The molecule has 0 atom stereocenters. The first-order valence-electron chi connectivity index (χ1n) is 8.25. The van der Waals surface area contributed by atoms with Gasteiger partial charge in [0.2, 0.25) is 0 Å². The van der Waals surface area contributed by atoms with E-state index in [0.29, 0.717) is 15.9 Å². The van der Waals surface area contributed by atoms with Crippen LogP contribution in [0, 0.1) is 31.1 Å². The summed E-state index contributed by atoms with van der Waals surface area (Å²) in [5.74, 6) is -0.101. The van der Waals surface area contributed by atoms with E-state index in [0.717, 1.165) is 41.4 Å². The largest absolute Gasteiger partial charge is 0.455 e. The topological polar surface area (TPSA) is 80.8 Å². The molecule has 138 valence electrons. The lowest BCUT2D eigenvalue weighted by atomic mass is 10.1. The molecule has 0 aliphatic heterocycles. The molecule has 0 amide bonds. The number of rotatable bonds is 7. The molecule has 0 spiro atoms. The number of halogens is 1. The number of carbonyl (C=O) groups excluding carboxylic acids is 1. The van der Waals surface area contributed by atoms with E-state index in [1.165, 1.54) is 0 Å². The fraction of sp³-hybridized carbons (Fsp3) is 0.444. The minimum atomic E-state index is -0.705. The third-order valence-corrected chi connectivity index (χ3v) is 5.02. The monoisotopic (exact) mass is 392 g/mol. The highest BCUT2D eigenvalue weighted by molar-refractivity contribution is 7.10. The van der Waals surface area contributed by atoms with Crippen LogP contribution in [0.4, 0.5) is 0 Å². The van der Waals surface area contributed by atoms with Crippen LogP contribution in [-0.4, -0.2) is 20.1 Å². The highest BCUT2D eigenvalue weighted by atomic mass is 35.5. The first-order chi connectivity index (χ1) is 12.3. The van der Waals surface area contributed by atoms with Crippen molar-refractivity contribution in [2.45, 2.75) is 47.3 Å². The quantitative estimate of drug-likeness (QED) is 0.398. The predicted octanol–water partition coefficient (Wildman–Crippen LogP) is 4.31. The van der Waals surface area contributed by atoms with E-state index >= 15 is 0 Å². The maximum atomic E-state index is 12.2. The highest BCUT2D eigenvalue weighted by Crippen LogP contribution is 2.21. The van der Waals surface area contributed by atoms with Crippen molar-refractivity contribution in [3.63, 3.8) is 0 Å². The molecule has 0 saturated heterocycles. The standard InChI is InChI=1S/C18H21ClN4O2S/c1-11(2)5-6-23-12(3)7-14(13(23)4)8-15(9-20)18(24)25-10-16-17(19)26-22-21-16/h7-8,11H,5-6,10H2,1-4H3/b15-8+. The van der Waals surface area contributed by atoms with E-state index in [1.807, 2.05) is 26.0 Å². The summed E-state index contributed by atoms with van der Waals surface area (Å²) in [4.78, 5) is 12.2. The van der Waals surface area contributed by atoms with Crippen LogP contribution in [0.5, 0.6) is 0 Å². The molecule has 0 bridgehead atoms. The van der Waals surface area contributed by atoms with Crippen molar-refractivity contribution in [2.75, 3.05) is 0 Å². The molecule has 2 aromatic heterocycles. The molecule has 0 aromatic carbocycles. The van der Waals surface area contributed by atoms with Crippen LogP contribution in [0.15, 0.2) is 11.6 Å². The summed E-state index contributed by atoms with van der Waals surface area (Å²) in [7, 11) is 0. The van der Waals surface area contributed by atoms with Gasteiger partial charge in [0.1, 0.15) is 28.3 Å². The van der Waals surface area contributed by atoms with Crippen molar-refractivity contribution in [3.8, 4) is 6.07 Å². The second-order valence-electron chi connectivity index (χ2n) is 6.40. The maximum absolute atomic E-state index is 12.2. The van der Waals surface area contributed by atoms with Crippen LogP contribution in [-0.2, 0) is 22.7 Å². The third kappa shape index (κ3) is 4.93. The Balaban J connectivity index is 2.15. The zero-order chi connectivity index (χ0) is 19.3. The molecule has 2 aromatic rings. The van der Waals surface area contributed by atoms with Crippen LogP contribution in [0.2, 0.25) is 4.34 Å². The van der Waals surface area contributed by atoms with E-state index in [4.69, 9.17) is 16.3 Å². The van der Waals surface area contributed by atoms with Gasteiger partial charge in [0.15, 0.2) is 0 Å². The van der Waals surface area contributed by atoms with Crippen molar-refractivity contribution in [1.29, 1.82) is 5.26 Å². The Kier molecular flexibility index (Phi) is 6.95. The number of ether oxygens (including phenoxy) is 1. The van der Waals surface area contributed by atoms with E-state index in [1.54, 1.807) is 6.08 Å². The molecule has 0 radical (unpaired) electrons. The number of carbonyl (C=O) groups is 1. The molecule has 2 heterocycles. The van der Waals surface area contributed by atoms with Gasteiger partial charge >= 0.3 is 5.97 Å². The van der Waals surface area contributed by atoms with Crippen molar-refractivity contribution in [2.24, 2.45) is 5.92 Å². The van der Waals surface area contributed by atoms with Gasteiger partial charge in [0.25, 0.3) is 0 Å². The number of hydrogen-bond acceptors (Lipinski definition) is 6. The summed E-state index contributed by atoms with van der Waals surface area (Å²) in [6.45, 7) is 9.17. The van der Waals surface area contributed by atoms with Crippen LogP contribution in [0.1, 0.15) is 42.9 Å². The van der Waals surface area contributed by atoms with E-state index in [9.17, 15) is 10.1 Å². The Morgan fingerprint density at radius 1 is 1.50 bits per heavy atom. The first kappa shape index (κ1) is 20.1. The average molecular weight is 393 g/mol. The molecule has 26 heavy (non-hydrogen) atoms. The fourth-order valence-corrected chi connectivity index (χ4v) is 3.09. The van der Waals surface area contributed by atoms with Gasteiger partial charge in [-0.15, -0.1) is 5.10 Å². The molecule has 0 N–H and O–H groups in total. The second-order valence-corrected chi connectivity index (χ2v) is 7.76. The summed E-state index contributed by atoms with van der Waals surface area (Å²) in [6, 6.07) is 3.89. The zero-order valence-electron chi connectivity index (χ0n) is 15.2. The van der Waals surface area contributed by atoms with E-state index < -0.39 is 5.97 Å². The van der Waals surface area contributed by atoms with Crippen molar-refractivity contribution >= 4 is 35.2 Å². The summed E-state index contributed by atoms with van der Waals surface area (Å²) in [6.07, 6.45) is 2.63. The van der Waals surface area contributed by atoms with Gasteiger partial charge in [-0.3, -0.25) is 0 Å². The van der Waals surface area contributed by atoms with Gasteiger partial charge in [-0.1, -0.05) is 29.9 Å². The summed E-state index contributed by atoms with van der Waals surface area (Å²) >= 11 is 6.90. The van der Waals surface area contributed by atoms with Gasteiger partial charge in [0, 0.05) is 29.5 Å². The predicted molar refractivity (Wildman–Crippen MR) is 102 cm³/mol. The number of nitrogens with zero attached hydrogens (tertiary/aromatic N) is 4. The van der Waals surface area contributed by atoms with Gasteiger partial charge < -0.3 is 9.30 Å². The molecule has 0 saturated carbocycles. The Hall–Kier alpha value is -2.17. The minimum Gasteiger partial charge on any atom is -0.455 e. The summed E-state index contributed by atoms with van der Waals surface area (Å²) < 4.78 is 11.4. The Labute approximate surface area is 162 Å². The smallest absolute Gasteiger partial charge is 0.349 e. The third-order valence-electron chi connectivity index (χ3n) is 4.03. The lowest BCUT2D eigenvalue weighted by molar-refractivity contribution is -0.139. The molecule has 6 nitrogen and oxygen atoms in total. The molecular weight excluding hydrogens is 372 g/mol. The minimum absolute atomic E-state index is 0.0616. The number of aromatic nitrogens is 3. The van der Waals surface area contributed by atoms with E-state index in [2.05, 4.69) is 28.0 Å². The van der Waals surface area contributed by atoms with Gasteiger partial charge in [-0.05, 0) is 43.9 Å². The second kappa shape index (κ2) is 8.97. The van der Waals surface area contributed by atoms with Gasteiger partial charge in [0.05, 0.1) is 0 Å². The van der Waals surface area contributed by atoms with E-state index in [-0.39, 0.29) is 12.2 Å². The Morgan fingerprint density at radius 3 is 2.81 bits per heavy atom. The van der Waals surface area contributed by atoms with Crippen LogP contribution in [0.25, 0.3) is 6.08 Å².